The average molecular weight is 228 g/mol. The maximum Gasteiger partial charge on any atom is 0.148 e. The van der Waals surface area contributed by atoms with Crippen LogP contribution in [0.5, 0.6) is 0 Å². The highest BCUT2D eigenvalue weighted by molar-refractivity contribution is 7.90. The minimum atomic E-state index is -2.88. The van der Waals surface area contributed by atoms with Gasteiger partial charge < -0.3 is 5.32 Å². The van der Waals surface area contributed by atoms with Crippen LogP contribution in [0.3, 0.4) is 0 Å². The van der Waals surface area contributed by atoms with Gasteiger partial charge in [0.15, 0.2) is 0 Å². The van der Waals surface area contributed by atoms with Gasteiger partial charge in [-0.15, -0.1) is 11.6 Å². The number of halogens is 1. The zero-order chi connectivity index (χ0) is 10.7. The number of nitrogens with one attached hydrogen (secondary N) is 1. The second kappa shape index (κ2) is 4.62. The van der Waals surface area contributed by atoms with E-state index in [4.69, 9.17) is 11.6 Å². The lowest BCUT2D eigenvalue weighted by Gasteiger charge is -2.28. The lowest BCUT2D eigenvalue weighted by Crippen LogP contribution is -2.47. The van der Waals surface area contributed by atoms with Crippen LogP contribution in [0.2, 0.25) is 0 Å². The summed E-state index contributed by atoms with van der Waals surface area (Å²) in [7, 11) is -2.88. The van der Waals surface area contributed by atoms with Gasteiger partial charge in [-0.3, -0.25) is 0 Å². The van der Waals surface area contributed by atoms with Gasteiger partial charge >= 0.3 is 0 Å². The SMILES string of the molecule is CC(Cl)C(C)(C)NCCS(C)(=O)=O. The number of hydrogen-bond acceptors (Lipinski definition) is 3. The molecule has 0 aliphatic carbocycles. The Morgan fingerprint density at radius 1 is 1.46 bits per heavy atom. The molecular weight excluding hydrogens is 210 g/mol. The summed E-state index contributed by atoms with van der Waals surface area (Å²) in [5.41, 5.74) is -0.230. The summed E-state index contributed by atoms with van der Waals surface area (Å²) < 4.78 is 21.6. The molecule has 0 aliphatic rings. The van der Waals surface area contributed by atoms with Gasteiger partial charge in [-0.25, -0.2) is 8.42 Å². The van der Waals surface area contributed by atoms with Gasteiger partial charge in [0, 0.05) is 23.7 Å². The molecule has 1 atom stereocenters. The fraction of sp³-hybridized carbons (Fsp3) is 1.00. The first-order chi connectivity index (χ1) is 5.65. The average Bonchev–Trinajstić information content (AvgIpc) is 1.82. The topological polar surface area (TPSA) is 46.2 Å². The molecule has 0 aromatic rings. The Hall–Kier alpha value is 0.200. The molecule has 0 heterocycles. The number of alkyl halides is 1. The molecule has 13 heavy (non-hydrogen) atoms. The second-order valence-corrected chi connectivity index (χ2v) is 6.81. The van der Waals surface area contributed by atoms with Crippen molar-refractivity contribution in [1.82, 2.24) is 5.32 Å². The molecule has 0 saturated heterocycles. The van der Waals surface area contributed by atoms with Crippen molar-refractivity contribution in [3.05, 3.63) is 0 Å². The van der Waals surface area contributed by atoms with Gasteiger partial charge in [-0.2, -0.15) is 0 Å². The summed E-state index contributed by atoms with van der Waals surface area (Å²) in [5, 5.41) is 3.07. The second-order valence-electron chi connectivity index (χ2n) is 3.89. The molecule has 0 saturated carbocycles. The van der Waals surface area contributed by atoms with Crippen molar-refractivity contribution in [3.63, 3.8) is 0 Å². The minimum Gasteiger partial charge on any atom is -0.309 e. The van der Waals surface area contributed by atoms with Crippen LogP contribution in [0.25, 0.3) is 0 Å². The molecule has 0 rings (SSSR count). The van der Waals surface area contributed by atoms with Crippen molar-refractivity contribution in [2.24, 2.45) is 0 Å². The summed E-state index contributed by atoms with van der Waals surface area (Å²) in [4.78, 5) is 0. The van der Waals surface area contributed by atoms with Gasteiger partial charge in [0.2, 0.25) is 0 Å². The molecule has 3 nitrogen and oxygen atoms in total. The predicted octanol–water partition coefficient (Wildman–Crippen LogP) is 1.03. The van der Waals surface area contributed by atoms with E-state index in [2.05, 4.69) is 5.32 Å². The summed E-state index contributed by atoms with van der Waals surface area (Å²) in [6.45, 7) is 6.23. The standard InChI is InChI=1S/C8H18ClNO2S/c1-7(9)8(2,3)10-5-6-13(4,11)12/h7,10H,5-6H2,1-4H3. The van der Waals surface area contributed by atoms with E-state index in [1.165, 1.54) is 6.26 Å². The maximum atomic E-state index is 10.8. The van der Waals surface area contributed by atoms with Crippen LogP contribution in [0.4, 0.5) is 0 Å². The molecule has 0 amide bonds. The van der Waals surface area contributed by atoms with Gasteiger partial charge in [0.1, 0.15) is 9.84 Å². The summed E-state index contributed by atoms with van der Waals surface area (Å²) >= 11 is 5.91. The van der Waals surface area contributed by atoms with E-state index in [9.17, 15) is 8.42 Å². The van der Waals surface area contributed by atoms with Crippen molar-refractivity contribution in [2.45, 2.75) is 31.7 Å². The van der Waals surface area contributed by atoms with Crippen molar-refractivity contribution < 1.29 is 8.42 Å². The lowest BCUT2D eigenvalue weighted by atomic mass is 10.0. The van der Waals surface area contributed by atoms with Crippen LogP contribution < -0.4 is 5.32 Å². The molecule has 0 bridgehead atoms. The van der Waals surface area contributed by atoms with Crippen molar-refractivity contribution in [1.29, 1.82) is 0 Å². The molecule has 0 radical (unpaired) electrons. The summed E-state index contributed by atoms with van der Waals surface area (Å²) in [6.07, 6.45) is 1.23. The molecular formula is C8H18ClNO2S. The Bertz CT molecular complexity index is 247. The Morgan fingerprint density at radius 3 is 2.23 bits per heavy atom. The molecule has 0 aliphatic heterocycles. The summed E-state index contributed by atoms with van der Waals surface area (Å²) in [5.74, 6) is 0.153. The van der Waals surface area contributed by atoms with Crippen LogP contribution in [-0.4, -0.2) is 37.9 Å². The Balaban J connectivity index is 3.90. The lowest BCUT2D eigenvalue weighted by molar-refractivity contribution is 0.393. The highest BCUT2D eigenvalue weighted by Gasteiger charge is 2.23. The van der Waals surface area contributed by atoms with Crippen LogP contribution in [0.15, 0.2) is 0 Å². The third-order valence-electron chi connectivity index (χ3n) is 2.05. The number of rotatable bonds is 5. The first-order valence-corrected chi connectivity index (χ1v) is 6.72. The molecule has 1 N–H and O–H groups in total. The Kier molecular flexibility index (Phi) is 4.69. The Morgan fingerprint density at radius 2 is 1.92 bits per heavy atom. The van der Waals surface area contributed by atoms with E-state index < -0.39 is 9.84 Å². The van der Waals surface area contributed by atoms with Gasteiger partial charge in [0.05, 0.1) is 5.75 Å². The molecule has 5 heteroatoms. The van der Waals surface area contributed by atoms with E-state index >= 15 is 0 Å². The van der Waals surface area contributed by atoms with Crippen LogP contribution >= 0.6 is 11.6 Å². The molecule has 80 valence electrons. The molecule has 0 spiro atoms. The highest BCUT2D eigenvalue weighted by atomic mass is 35.5. The number of hydrogen-bond donors (Lipinski definition) is 1. The van der Waals surface area contributed by atoms with E-state index in [1.54, 1.807) is 0 Å². The zero-order valence-corrected chi connectivity index (χ0v) is 10.2. The molecule has 0 aromatic heterocycles. The van der Waals surface area contributed by atoms with E-state index in [1.807, 2.05) is 20.8 Å². The van der Waals surface area contributed by atoms with Crippen LogP contribution in [0, 0.1) is 0 Å². The van der Waals surface area contributed by atoms with Gasteiger partial charge in [0.25, 0.3) is 0 Å². The fourth-order valence-electron chi connectivity index (χ4n) is 0.699. The fourth-order valence-corrected chi connectivity index (χ4v) is 1.25. The first kappa shape index (κ1) is 13.2. The van der Waals surface area contributed by atoms with Crippen molar-refractivity contribution in [3.8, 4) is 0 Å². The van der Waals surface area contributed by atoms with Gasteiger partial charge in [-0.1, -0.05) is 0 Å². The third kappa shape index (κ3) is 6.29. The van der Waals surface area contributed by atoms with Crippen molar-refractivity contribution in [2.75, 3.05) is 18.6 Å². The van der Waals surface area contributed by atoms with E-state index in [-0.39, 0.29) is 16.7 Å². The summed E-state index contributed by atoms with van der Waals surface area (Å²) in [6, 6.07) is 0. The first-order valence-electron chi connectivity index (χ1n) is 4.22. The quantitative estimate of drug-likeness (QED) is 0.714. The predicted molar refractivity (Wildman–Crippen MR) is 57.1 cm³/mol. The molecule has 1 unspecified atom stereocenters. The van der Waals surface area contributed by atoms with Crippen molar-refractivity contribution >= 4 is 21.4 Å². The van der Waals surface area contributed by atoms with E-state index in [0.717, 1.165) is 0 Å². The highest BCUT2D eigenvalue weighted by Crippen LogP contribution is 2.13. The van der Waals surface area contributed by atoms with E-state index in [0.29, 0.717) is 6.54 Å². The van der Waals surface area contributed by atoms with Crippen LogP contribution in [0.1, 0.15) is 20.8 Å². The monoisotopic (exact) mass is 227 g/mol. The molecule has 0 aromatic carbocycles. The number of sulfone groups is 1. The van der Waals surface area contributed by atoms with Crippen LogP contribution in [-0.2, 0) is 9.84 Å². The molecule has 0 fully saturated rings. The largest absolute Gasteiger partial charge is 0.309 e. The van der Waals surface area contributed by atoms with Gasteiger partial charge in [-0.05, 0) is 20.8 Å². The minimum absolute atomic E-state index is 0.0351. The Labute approximate surface area is 85.8 Å². The maximum absolute atomic E-state index is 10.8. The smallest absolute Gasteiger partial charge is 0.148 e. The third-order valence-corrected chi connectivity index (χ3v) is 3.54. The normalized spacial score (nSPS) is 15.8. The zero-order valence-electron chi connectivity index (χ0n) is 8.59.